The Morgan fingerprint density at radius 3 is 3.05 bits per heavy atom. The number of aromatic nitrogens is 5. The smallest absolute Gasteiger partial charge is 0.156 e. The van der Waals surface area contributed by atoms with Crippen molar-refractivity contribution in [3.8, 4) is 0 Å². The summed E-state index contributed by atoms with van der Waals surface area (Å²) in [6.45, 7) is 4.05. The zero-order valence-electron chi connectivity index (χ0n) is 12.0. The second-order valence-corrected chi connectivity index (χ2v) is 5.56. The van der Waals surface area contributed by atoms with Crippen molar-refractivity contribution in [1.29, 1.82) is 0 Å². The Balaban J connectivity index is 1.67. The lowest BCUT2D eigenvalue weighted by Crippen LogP contribution is -2.37. The number of hydrogen-bond acceptors (Lipinski definition) is 4. The average Bonchev–Trinajstić information content (AvgIpc) is 3.15. The number of piperidine rings is 1. The number of nitrogens with zero attached hydrogens (tertiary/aromatic N) is 5. The average molecular weight is 282 g/mol. The van der Waals surface area contributed by atoms with E-state index in [0.717, 1.165) is 42.2 Å². The lowest BCUT2D eigenvalue weighted by Gasteiger charge is -2.34. The number of imidazole rings is 2. The zero-order valence-corrected chi connectivity index (χ0v) is 12.0. The van der Waals surface area contributed by atoms with Crippen LogP contribution < -0.4 is 4.90 Å². The molecular formula is C15H18N6. The third-order valence-corrected chi connectivity index (χ3v) is 4.27. The van der Waals surface area contributed by atoms with Crippen molar-refractivity contribution in [3.63, 3.8) is 0 Å². The van der Waals surface area contributed by atoms with Gasteiger partial charge in [0.15, 0.2) is 5.82 Å². The largest absolute Gasteiger partial charge is 0.353 e. The summed E-state index contributed by atoms with van der Waals surface area (Å²) < 4.78 is 2.27. The van der Waals surface area contributed by atoms with Gasteiger partial charge in [0.05, 0.1) is 17.9 Å². The number of hydrogen-bond donors (Lipinski definition) is 1. The molecule has 6 nitrogen and oxygen atoms in total. The summed E-state index contributed by atoms with van der Waals surface area (Å²) in [4.78, 5) is 18.8. The van der Waals surface area contributed by atoms with Gasteiger partial charge in [-0.3, -0.25) is 0 Å². The van der Waals surface area contributed by atoms with Crippen molar-refractivity contribution in [2.75, 3.05) is 18.0 Å². The number of aryl methyl sites for hydroxylation is 1. The zero-order chi connectivity index (χ0) is 14.2. The topological polar surface area (TPSA) is 62.6 Å². The van der Waals surface area contributed by atoms with Crippen LogP contribution in [0, 0.1) is 6.92 Å². The van der Waals surface area contributed by atoms with Crippen LogP contribution in [0.15, 0.2) is 31.0 Å². The Bertz CT molecular complexity index is 758. The monoisotopic (exact) mass is 282 g/mol. The first-order valence-electron chi connectivity index (χ1n) is 7.35. The molecule has 1 aliphatic heterocycles. The number of H-pyrrole nitrogens is 1. The molecule has 1 fully saturated rings. The normalized spacial score (nSPS) is 19.3. The SMILES string of the molecule is Cc1nccn1C1CCCN(c2nccc3[nH]cnc23)C1. The highest BCUT2D eigenvalue weighted by atomic mass is 15.2. The molecule has 1 aliphatic rings. The quantitative estimate of drug-likeness (QED) is 0.783. The molecule has 3 aromatic heterocycles. The second-order valence-electron chi connectivity index (χ2n) is 5.56. The van der Waals surface area contributed by atoms with Gasteiger partial charge in [-0.15, -0.1) is 0 Å². The van der Waals surface area contributed by atoms with Crippen LogP contribution in [0.4, 0.5) is 5.82 Å². The van der Waals surface area contributed by atoms with Crippen molar-refractivity contribution >= 4 is 16.9 Å². The maximum Gasteiger partial charge on any atom is 0.156 e. The summed E-state index contributed by atoms with van der Waals surface area (Å²) in [6.07, 6.45) is 9.88. The van der Waals surface area contributed by atoms with Crippen LogP contribution in [-0.2, 0) is 0 Å². The van der Waals surface area contributed by atoms with Crippen molar-refractivity contribution < 1.29 is 0 Å². The maximum absolute atomic E-state index is 4.56. The number of anilines is 1. The molecular weight excluding hydrogens is 264 g/mol. The van der Waals surface area contributed by atoms with Crippen LogP contribution in [0.1, 0.15) is 24.7 Å². The van der Waals surface area contributed by atoms with Crippen LogP contribution in [0.3, 0.4) is 0 Å². The van der Waals surface area contributed by atoms with Gasteiger partial charge in [-0.1, -0.05) is 0 Å². The molecule has 6 heteroatoms. The van der Waals surface area contributed by atoms with Gasteiger partial charge in [-0.25, -0.2) is 15.0 Å². The third kappa shape index (κ3) is 2.07. The molecule has 1 saturated heterocycles. The van der Waals surface area contributed by atoms with Gasteiger partial charge in [0.2, 0.25) is 0 Å². The van der Waals surface area contributed by atoms with E-state index in [0.29, 0.717) is 6.04 Å². The summed E-state index contributed by atoms with van der Waals surface area (Å²) in [5, 5.41) is 0. The second kappa shape index (κ2) is 4.87. The van der Waals surface area contributed by atoms with E-state index in [1.54, 1.807) is 6.33 Å². The number of nitrogens with one attached hydrogen (secondary N) is 1. The molecule has 0 spiro atoms. The Labute approximate surface area is 122 Å². The van der Waals surface area contributed by atoms with Gasteiger partial charge in [-0.2, -0.15) is 0 Å². The number of fused-ring (bicyclic) bond motifs is 1. The molecule has 0 bridgehead atoms. The van der Waals surface area contributed by atoms with Crippen LogP contribution in [0.2, 0.25) is 0 Å². The molecule has 3 aromatic rings. The number of pyridine rings is 1. The lowest BCUT2D eigenvalue weighted by atomic mass is 10.1. The van der Waals surface area contributed by atoms with Gasteiger partial charge < -0.3 is 14.5 Å². The fourth-order valence-electron chi connectivity index (χ4n) is 3.23. The molecule has 0 aliphatic carbocycles. The van der Waals surface area contributed by atoms with E-state index < -0.39 is 0 Å². The maximum atomic E-state index is 4.56. The van der Waals surface area contributed by atoms with Crippen LogP contribution >= 0.6 is 0 Å². The summed E-state index contributed by atoms with van der Waals surface area (Å²) in [5.74, 6) is 2.06. The van der Waals surface area contributed by atoms with Crippen molar-refractivity contribution in [1.82, 2.24) is 24.5 Å². The molecule has 1 unspecified atom stereocenters. The summed E-state index contributed by atoms with van der Waals surface area (Å²) in [6, 6.07) is 2.42. The van der Waals surface area contributed by atoms with Gasteiger partial charge in [0.1, 0.15) is 11.3 Å². The minimum Gasteiger partial charge on any atom is -0.353 e. The Hall–Kier alpha value is -2.37. The minimum atomic E-state index is 0.456. The van der Waals surface area contributed by atoms with Gasteiger partial charge >= 0.3 is 0 Å². The van der Waals surface area contributed by atoms with Crippen molar-refractivity contribution in [2.45, 2.75) is 25.8 Å². The Morgan fingerprint density at radius 2 is 2.19 bits per heavy atom. The molecule has 4 heterocycles. The Morgan fingerprint density at radius 1 is 1.24 bits per heavy atom. The van der Waals surface area contributed by atoms with E-state index in [4.69, 9.17) is 0 Å². The highest BCUT2D eigenvalue weighted by Gasteiger charge is 2.24. The molecule has 1 atom stereocenters. The highest BCUT2D eigenvalue weighted by molar-refractivity contribution is 5.85. The third-order valence-electron chi connectivity index (χ3n) is 4.27. The molecule has 0 amide bonds. The molecule has 108 valence electrons. The summed E-state index contributed by atoms with van der Waals surface area (Å²) in [5.41, 5.74) is 2.00. The minimum absolute atomic E-state index is 0.456. The van der Waals surface area contributed by atoms with E-state index in [1.165, 1.54) is 6.42 Å². The molecule has 0 radical (unpaired) electrons. The van der Waals surface area contributed by atoms with E-state index in [-0.39, 0.29) is 0 Å². The molecule has 0 aromatic carbocycles. The molecule has 21 heavy (non-hydrogen) atoms. The first-order valence-corrected chi connectivity index (χ1v) is 7.35. The fraction of sp³-hybridized carbons (Fsp3) is 0.400. The van der Waals surface area contributed by atoms with E-state index in [9.17, 15) is 0 Å². The predicted octanol–water partition coefficient (Wildman–Crippen LogP) is 2.30. The van der Waals surface area contributed by atoms with Gasteiger partial charge in [-0.05, 0) is 25.8 Å². The van der Waals surface area contributed by atoms with Gasteiger partial charge in [0.25, 0.3) is 0 Å². The van der Waals surface area contributed by atoms with Crippen LogP contribution in [0.5, 0.6) is 0 Å². The molecule has 4 rings (SSSR count). The standard InChI is InChI=1S/C15H18N6/c1-11-16-6-8-21(11)12-3-2-7-20(9-12)15-14-13(4-5-17-15)18-10-19-14/h4-6,8,10,12H,2-3,7,9H2,1H3,(H,18,19). The molecule has 1 N–H and O–H groups in total. The van der Waals surface area contributed by atoms with E-state index in [2.05, 4.69) is 42.5 Å². The molecule has 0 saturated carbocycles. The number of rotatable bonds is 2. The van der Waals surface area contributed by atoms with Crippen molar-refractivity contribution in [2.24, 2.45) is 0 Å². The highest BCUT2D eigenvalue weighted by Crippen LogP contribution is 2.28. The van der Waals surface area contributed by atoms with Crippen molar-refractivity contribution in [3.05, 3.63) is 36.8 Å². The van der Waals surface area contributed by atoms with E-state index >= 15 is 0 Å². The van der Waals surface area contributed by atoms with Crippen LogP contribution in [0.25, 0.3) is 11.0 Å². The lowest BCUT2D eigenvalue weighted by molar-refractivity contribution is 0.398. The predicted molar refractivity (Wildman–Crippen MR) is 81.3 cm³/mol. The van der Waals surface area contributed by atoms with E-state index in [1.807, 2.05) is 18.5 Å². The number of aromatic amines is 1. The Kier molecular flexibility index (Phi) is 2.87. The van der Waals surface area contributed by atoms with Crippen LogP contribution in [-0.4, -0.2) is 37.6 Å². The first-order chi connectivity index (χ1) is 10.3. The van der Waals surface area contributed by atoms with Gasteiger partial charge in [0, 0.05) is 31.7 Å². The first kappa shape index (κ1) is 12.4. The fourth-order valence-corrected chi connectivity index (χ4v) is 3.23. The summed E-state index contributed by atoms with van der Waals surface area (Å²) in [7, 11) is 0. The summed E-state index contributed by atoms with van der Waals surface area (Å²) >= 11 is 0.